The average Bonchev–Trinajstić information content (AvgIpc) is 2.98. The lowest BCUT2D eigenvalue weighted by Crippen LogP contribution is -2.50. The third kappa shape index (κ3) is 5.72. The van der Waals surface area contributed by atoms with Crippen molar-refractivity contribution < 1.29 is 9.59 Å². The number of rotatable bonds is 7. The van der Waals surface area contributed by atoms with Gasteiger partial charge < -0.3 is 10.6 Å². The summed E-state index contributed by atoms with van der Waals surface area (Å²) in [5, 5.41) is 6.52. The largest absolute Gasteiger partial charge is 0.357 e. The molecule has 8 heteroatoms. The fourth-order valence-corrected chi connectivity index (χ4v) is 3.94. The quantitative estimate of drug-likeness (QED) is 0.247. The molecule has 0 unspecified atom stereocenters. The van der Waals surface area contributed by atoms with Gasteiger partial charge >= 0.3 is 0 Å². The maximum Gasteiger partial charge on any atom is 0.261 e. The van der Waals surface area contributed by atoms with Crippen LogP contribution < -0.4 is 10.6 Å². The molecule has 0 aromatic heterocycles. The molecule has 1 aromatic carbocycles. The molecule has 7 nitrogen and oxygen atoms in total. The van der Waals surface area contributed by atoms with Crippen LogP contribution in [0.15, 0.2) is 29.3 Å². The van der Waals surface area contributed by atoms with Gasteiger partial charge in [0.05, 0.1) is 17.7 Å². The summed E-state index contributed by atoms with van der Waals surface area (Å²) in [5.41, 5.74) is 0.980. The van der Waals surface area contributed by atoms with Gasteiger partial charge in [-0.05, 0) is 58.8 Å². The standard InChI is InChI=1S/C22H33N5O2.HI/c1-4-23-21(25-16-22(2,3)26-13-8-5-9-14-26)24-12-15-27-19(28)17-10-6-7-11-18(17)20(27)29;/h6-7,10-11H,4-5,8-9,12-16H2,1-3H3,(H2,23,24,25);1H. The summed E-state index contributed by atoms with van der Waals surface area (Å²) in [5.74, 6) is 0.273. The van der Waals surface area contributed by atoms with E-state index in [1.165, 1.54) is 24.2 Å². The highest BCUT2D eigenvalue weighted by Gasteiger charge is 2.34. The summed E-state index contributed by atoms with van der Waals surface area (Å²) >= 11 is 0. The number of nitrogens with one attached hydrogen (secondary N) is 2. The second-order valence-electron chi connectivity index (χ2n) is 8.29. The fourth-order valence-electron chi connectivity index (χ4n) is 3.94. The number of likely N-dealkylation sites (tertiary alicyclic amines) is 1. The molecule has 166 valence electrons. The maximum atomic E-state index is 12.5. The Kier molecular flexibility index (Phi) is 9.09. The monoisotopic (exact) mass is 527 g/mol. The van der Waals surface area contributed by atoms with E-state index in [9.17, 15) is 9.59 Å². The Morgan fingerprint density at radius 3 is 2.20 bits per heavy atom. The Balaban J connectivity index is 0.00000320. The van der Waals surface area contributed by atoms with E-state index >= 15 is 0 Å². The molecule has 2 aliphatic heterocycles. The van der Waals surface area contributed by atoms with Crippen LogP contribution in [-0.2, 0) is 0 Å². The lowest BCUT2D eigenvalue weighted by molar-refractivity contribution is 0.0657. The van der Waals surface area contributed by atoms with Crippen LogP contribution in [0.4, 0.5) is 0 Å². The van der Waals surface area contributed by atoms with E-state index in [2.05, 4.69) is 29.4 Å². The highest BCUT2D eigenvalue weighted by molar-refractivity contribution is 14.0. The van der Waals surface area contributed by atoms with E-state index in [4.69, 9.17) is 4.99 Å². The van der Waals surface area contributed by atoms with Gasteiger partial charge in [0, 0.05) is 25.2 Å². The van der Waals surface area contributed by atoms with Gasteiger partial charge in [-0.2, -0.15) is 0 Å². The molecule has 2 amide bonds. The van der Waals surface area contributed by atoms with Gasteiger partial charge in [-0.15, -0.1) is 24.0 Å². The number of aliphatic imine (C=N–C) groups is 1. The average molecular weight is 527 g/mol. The number of guanidine groups is 1. The van der Waals surface area contributed by atoms with E-state index in [0.29, 0.717) is 36.7 Å². The third-order valence-electron chi connectivity index (χ3n) is 5.69. The van der Waals surface area contributed by atoms with Crippen LogP contribution in [-0.4, -0.2) is 72.4 Å². The Morgan fingerprint density at radius 1 is 1.03 bits per heavy atom. The van der Waals surface area contributed by atoms with Crippen LogP contribution in [0.5, 0.6) is 0 Å². The molecule has 2 heterocycles. The van der Waals surface area contributed by atoms with Crippen LogP contribution in [0.25, 0.3) is 0 Å². The van der Waals surface area contributed by atoms with Gasteiger partial charge in [-0.25, -0.2) is 0 Å². The lowest BCUT2D eigenvalue weighted by Gasteiger charge is -2.40. The lowest BCUT2D eigenvalue weighted by atomic mass is 9.99. The molecule has 3 rings (SSSR count). The fraction of sp³-hybridized carbons (Fsp3) is 0.591. The predicted octanol–water partition coefficient (Wildman–Crippen LogP) is 2.72. The second kappa shape index (κ2) is 11.1. The summed E-state index contributed by atoms with van der Waals surface area (Å²) in [6, 6.07) is 6.98. The SMILES string of the molecule is CCNC(=NCC(C)(C)N1CCCCC1)NCCN1C(=O)c2ccccc2C1=O.I. The molecule has 0 atom stereocenters. The number of benzene rings is 1. The van der Waals surface area contributed by atoms with Crippen molar-refractivity contribution in [2.75, 3.05) is 39.3 Å². The molecule has 1 saturated heterocycles. The normalized spacial score (nSPS) is 17.6. The number of hydrogen-bond donors (Lipinski definition) is 2. The molecule has 2 N–H and O–H groups in total. The maximum absolute atomic E-state index is 12.5. The Hall–Kier alpha value is -1.68. The van der Waals surface area contributed by atoms with Crippen molar-refractivity contribution in [3.8, 4) is 0 Å². The second-order valence-corrected chi connectivity index (χ2v) is 8.29. The van der Waals surface area contributed by atoms with Crippen LogP contribution >= 0.6 is 24.0 Å². The minimum Gasteiger partial charge on any atom is -0.357 e. The van der Waals surface area contributed by atoms with Crippen molar-refractivity contribution in [3.05, 3.63) is 35.4 Å². The number of hydrogen-bond acceptors (Lipinski definition) is 4. The minimum absolute atomic E-state index is 0. The first-order valence-corrected chi connectivity index (χ1v) is 10.7. The summed E-state index contributed by atoms with van der Waals surface area (Å²) in [4.78, 5) is 33.5. The summed E-state index contributed by atoms with van der Waals surface area (Å²) in [7, 11) is 0. The van der Waals surface area contributed by atoms with Crippen molar-refractivity contribution in [1.82, 2.24) is 20.4 Å². The molecule has 0 bridgehead atoms. The minimum atomic E-state index is -0.222. The number of halogens is 1. The van der Waals surface area contributed by atoms with Gasteiger partial charge in [-0.1, -0.05) is 18.6 Å². The molecule has 1 aromatic rings. The highest BCUT2D eigenvalue weighted by Crippen LogP contribution is 2.22. The van der Waals surface area contributed by atoms with Crippen molar-refractivity contribution in [2.24, 2.45) is 4.99 Å². The number of fused-ring (bicyclic) bond motifs is 1. The first-order chi connectivity index (χ1) is 13.9. The Morgan fingerprint density at radius 2 is 1.63 bits per heavy atom. The van der Waals surface area contributed by atoms with E-state index in [-0.39, 0.29) is 41.3 Å². The number of amides is 2. The van der Waals surface area contributed by atoms with Crippen LogP contribution in [0.2, 0.25) is 0 Å². The molecule has 0 aliphatic carbocycles. The van der Waals surface area contributed by atoms with Gasteiger partial charge in [0.25, 0.3) is 11.8 Å². The number of nitrogens with zero attached hydrogens (tertiary/aromatic N) is 3. The molecule has 1 fully saturated rings. The zero-order valence-corrected chi connectivity index (χ0v) is 20.6. The molecule has 30 heavy (non-hydrogen) atoms. The molecule has 2 aliphatic rings. The summed E-state index contributed by atoms with van der Waals surface area (Å²) in [6.45, 7) is 11.0. The van der Waals surface area contributed by atoms with Crippen LogP contribution in [0, 0.1) is 0 Å². The van der Waals surface area contributed by atoms with E-state index < -0.39 is 0 Å². The van der Waals surface area contributed by atoms with E-state index in [0.717, 1.165) is 19.6 Å². The first kappa shape index (κ1) is 24.6. The van der Waals surface area contributed by atoms with Crippen molar-refractivity contribution in [2.45, 2.75) is 45.6 Å². The van der Waals surface area contributed by atoms with Gasteiger partial charge in [-0.3, -0.25) is 24.4 Å². The smallest absolute Gasteiger partial charge is 0.261 e. The molecular formula is C22H34IN5O2. The van der Waals surface area contributed by atoms with Gasteiger partial charge in [0.15, 0.2) is 5.96 Å². The van der Waals surface area contributed by atoms with Crippen LogP contribution in [0.1, 0.15) is 60.7 Å². The van der Waals surface area contributed by atoms with Crippen molar-refractivity contribution in [3.63, 3.8) is 0 Å². The topological polar surface area (TPSA) is 77.0 Å². The molecule has 0 radical (unpaired) electrons. The third-order valence-corrected chi connectivity index (χ3v) is 5.69. The van der Waals surface area contributed by atoms with Gasteiger partial charge in [0.2, 0.25) is 0 Å². The highest BCUT2D eigenvalue weighted by atomic mass is 127. The molecule has 0 saturated carbocycles. The van der Waals surface area contributed by atoms with Crippen molar-refractivity contribution in [1.29, 1.82) is 0 Å². The van der Waals surface area contributed by atoms with Crippen molar-refractivity contribution >= 4 is 41.8 Å². The number of carbonyl (C=O) groups is 2. The number of carbonyl (C=O) groups excluding carboxylic acids is 2. The summed E-state index contributed by atoms with van der Waals surface area (Å²) in [6.07, 6.45) is 3.83. The molecular weight excluding hydrogens is 493 g/mol. The Labute approximate surface area is 196 Å². The zero-order valence-electron chi connectivity index (χ0n) is 18.2. The number of imide groups is 1. The van der Waals surface area contributed by atoms with E-state index in [1.807, 2.05) is 6.92 Å². The zero-order chi connectivity index (χ0) is 20.9. The first-order valence-electron chi connectivity index (χ1n) is 10.7. The van der Waals surface area contributed by atoms with Gasteiger partial charge in [0.1, 0.15) is 0 Å². The Bertz CT molecular complexity index is 740. The summed E-state index contributed by atoms with van der Waals surface area (Å²) < 4.78 is 0. The van der Waals surface area contributed by atoms with Crippen LogP contribution in [0.3, 0.4) is 0 Å². The number of piperidine rings is 1. The molecule has 0 spiro atoms. The van der Waals surface area contributed by atoms with E-state index in [1.54, 1.807) is 24.3 Å². The predicted molar refractivity (Wildman–Crippen MR) is 131 cm³/mol.